The van der Waals surface area contributed by atoms with Crippen LogP contribution in [0.4, 0.5) is 9.59 Å². The summed E-state index contributed by atoms with van der Waals surface area (Å²) in [7, 11) is 2.56. The molecule has 2 fully saturated rings. The molecule has 4 N–H and O–H groups in total. The first kappa shape index (κ1) is 40.3. The molecular formula is C43H53N7O8. The lowest BCUT2D eigenvalue weighted by Crippen LogP contribution is -2.52. The summed E-state index contributed by atoms with van der Waals surface area (Å²) in [6.45, 7) is 8.51. The van der Waals surface area contributed by atoms with Crippen molar-refractivity contribution < 1.29 is 37.8 Å². The number of aromatic nitrogens is 3. The zero-order valence-electron chi connectivity index (χ0n) is 33.9. The van der Waals surface area contributed by atoms with Gasteiger partial charge in [0.1, 0.15) is 41.2 Å². The van der Waals surface area contributed by atoms with Crippen molar-refractivity contribution in [2.45, 2.75) is 96.3 Å². The molecule has 2 aliphatic heterocycles. The second-order valence-electron chi connectivity index (χ2n) is 16.0. The van der Waals surface area contributed by atoms with Crippen LogP contribution in [0.15, 0.2) is 53.1 Å². The van der Waals surface area contributed by atoms with Gasteiger partial charge >= 0.3 is 12.2 Å². The number of benzene rings is 2. The Morgan fingerprint density at radius 3 is 2.26 bits per heavy atom. The topological polar surface area (TPSA) is 190 Å². The number of rotatable bonds is 11. The fraction of sp³-hybridized carbons (Fsp3) is 0.488. The second-order valence-corrected chi connectivity index (χ2v) is 16.0. The van der Waals surface area contributed by atoms with Crippen molar-refractivity contribution in [3.8, 4) is 39.4 Å². The molecule has 58 heavy (non-hydrogen) atoms. The SMILES string of the molecule is COC(=O)N[C@H](C(=O)N[C@H]1CCC[C@@H]1c1ncc(-c2ccc(-c3ccc4c(c3)OCCc3oc([C@@H]5CCCN5C(=O)[C@@H](NC(=O)OC)C(C)C)nc3-4)cc2)[nH]1)C(C)C. The van der Waals surface area contributed by atoms with E-state index in [2.05, 4.69) is 45.2 Å². The van der Waals surface area contributed by atoms with E-state index < -0.39 is 24.3 Å². The quantitative estimate of drug-likeness (QED) is 0.130. The van der Waals surface area contributed by atoms with Gasteiger partial charge in [0.25, 0.3) is 0 Å². The van der Waals surface area contributed by atoms with E-state index >= 15 is 0 Å². The van der Waals surface area contributed by atoms with Crippen molar-refractivity contribution in [1.29, 1.82) is 0 Å². The molecule has 0 radical (unpaired) electrons. The Labute approximate surface area is 338 Å². The zero-order valence-corrected chi connectivity index (χ0v) is 33.9. The smallest absolute Gasteiger partial charge is 0.407 e. The Kier molecular flexibility index (Phi) is 12.1. The lowest BCUT2D eigenvalue weighted by molar-refractivity contribution is -0.135. The summed E-state index contributed by atoms with van der Waals surface area (Å²) in [4.78, 5) is 65.8. The maximum atomic E-state index is 13.7. The predicted molar refractivity (Wildman–Crippen MR) is 215 cm³/mol. The molecular weight excluding hydrogens is 743 g/mol. The maximum Gasteiger partial charge on any atom is 0.407 e. The number of likely N-dealkylation sites (tertiary alicyclic amines) is 1. The van der Waals surface area contributed by atoms with Gasteiger partial charge in [-0.05, 0) is 66.3 Å². The van der Waals surface area contributed by atoms with Crippen molar-refractivity contribution in [2.75, 3.05) is 27.4 Å². The van der Waals surface area contributed by atoms with Gasteiger partial charge in [0.2, 0.25) is 17.7 Å². The van der Waals surface area contributed by atoms with Crippen molar-refractivity contribution in [3.05, 3.63) is 66.1 Å². The minimum Gasteiger partial charge on any atom is -0.492 e. The number of fused-ring (bicyclic) bond motifs is 3. The number of carbonyl (C=O) groups excluding carboxylic acids is 4. The molecule has 7 rings (SSSR count). The van der Waals surface area contributed by atoms with Gasteiger partial charge in [-0.1, -0.05) is 64.4 Å². The fourth-order valence-electron chi connectivity index (χ4n) is 8.30. The molecule has 15 heteroatoms. The number of alkyl carbamates (subject to hydrolysis) is 2. The molecule has 15 nitrogen and oxygen atoms in total. The number of aromatic amines is 1. The summed E-state index contributed by atoms with van der Waals surface area (Å²) in [5.41, 5.74) is 5.41. The minimum atomic E-state index is -0.729. The number of hydrogen-bond acceptors (Lipinski definition) is 10. The minimum absolute atomic E-state index is 0.0240. The molecule has 4 amide bonds. The normalized spacial score (nSPS) is 19.7. The largest absolute Gasteiger partial charge is 0.492 e. The highest BCUT2D eigenvalue weighted by Gasteiger charge is 2.40. The molecule has 1 saturated heterocycles. The summed E-state index contributed by atoms with van der Waals surface area (Å²) in [6.07, 6.45) is 5.27. The highest BCUT2D eigenvalue weighted by Crippen LogP contribution is 2.42. The number of methoxy groups -OCH3 is 2. The van der Waals surface area contributed by atoms with E-state index in [-0.39, 0.29) is 41.7 Å². The number of H-pyrrole nitrogens is 1. The van der Waals surface area contributed by atoms with Crippen molar-refractivity contribution in [3.63, 3.8) is 0 Å². The van der Waals surface area contributed by atoms with Crippen molar-refractivity contribution >= 4 is 24.0 Å². The standard InChI is InChI=1S/C43H53N7O8/c1-23(2)35(48-42(53)55-5)39(51)46-30-10-7-9-28(30)38-44-22-31(45-38)26-14-12-25(13-15-26)27-16-17-29-34(21-27)57-20-18-33-37(29)47-40(58-33)32-11-8-19-50(32)41(52)36(24(3)4)49-43(54)56-6/h12-17,21-24,28,30,32,35-36H,7-11,18-20H2,1-6H3,(H,44,45)(H,46,51)(H,48,53)(H,49,54)/t28-,30-,32-,35-,36-/m0/s1. The molecule has 1 saturated carbocycles. The second kappa shape index (κ2) is 17.3. The van der Waals surface area contributed by atoms with Crippen LogP contribution in [0, 0.1) is 11.8 Å². The number of ether oxygens (including phenoxy) is 3. The van der Waals surface area contributed by atoms with Crippen LogP contribution in [0.25, 0.3) is 33.6 Å². The lowest BCUT2D eigenvalue weighted by atomic mass is 9.99. The monoisotopic (exact) mass is 795 g/mol. The van der Waals surface area contributed by atoms with Crippen molar-refractivity contribution in [1.82, 2.24) is 35.8 Å². The Morgan fingerprint density at radius 1 is 0.862 bits per heavy atom. The zero-order chi connectivity index (χ0) is 41.1. The maximum absolute atomic E-state index is 13.7. The molecule has 3 aliphatic rings. The number of nitrogens with one attached hydrogen (secondary N) is 4. The average molecular weight is 796 g/mol. The van der Waals surface area contributed by atoms with Gasteiger partial charge in [0, 0.05) is 30.5 Å². The number of oxazole rings is 1. The van der Waals surface area contributed by atoms with Gasteiger partial charge in [0.05, 0.1) is 32.7 Å². The summed E-state index contributed by atoms with van der Waals surface area (Å²) < 4.78 is 22.1. The van der Waals surface area contributed by atoms with E-state index in [1.165, 1.54) is 14.2 Å². The van der Waals surface area contributed by atoms with Crippen LogP contribution >= 0.6 is 0 Å². The van der Waals surface area contributed by atoms with Gasteiger partial charge in [-0.2, -0.15) is 0 Å². The van der Waals surface area contributed by atoms with E-state index in [0.717, 1.165) is 65.2 Å². The van der Waals surface area contributed by atoms with E-state index in [0.29, 0.717) is 43.3 Å². The number of imidazole rings is 1. The highest BCUT2D eigenvalue weighted by molar-refractivity contribution is 5.87. The number of carbonyl (C=O) groups is 4. The Hall–Kier alpha value is -5.86. The molecule has 5 atom stereocenters. The first-order chi connectivity index (χ1) is 27.9. The van der Waals surface area contributed by atoms with Gasteiger partial charge < -0.3 is 44.5 Å². The molecule has 308 valence electrons. The number of hydrogen-bond donors (Lipinski definition) is 4. The van der Waals surface area contributed by atoms with Gasteiger partial charge in [-0.15, -0.1) is 0 Å². The van der Waals surface area contributed by atoms with Crippen LogP contribution in [0.3, 0.4) is 0 Å². The summed E-state index contributed by atoms with van der Waals surface area (Å²) in [5, 5.41) is 8.51. The van der Waals surface area contributed by atoms with Gasteiger partial charge in [-0.25, -0.2) is 19.6 Å². The molecule has 2 aromatic carbocycles. The molecule has 0 unspecified atom stereocenters. The first-order valence-electron chi connectivity index (χ1n) is 20.2. The Balaban J connectivity index is 1.04. The van der Waals surface area contributed by atoms with Crippen LogP contribution in [0.2, 0.25) is 0 Å². The molecule has 0 bridgehead atoms. The van der Waals surface area contributed by atoms with Crippen LogP contribution in [0.1, 0.15) is 89.2 Å². The van der Waals surface area contributed by atoms with E-state index in [9.17, 15) is 19.2 Å². The van der Waals surface area contributed by atoms with E-state index in [4.69, 9.17) is 28.6 Å². The lowest BCUT2D eigenvalue weighted by Gasteiger charge is -2.29. The van der Waals surface area contributed by atoms with E-state index in [1.54, 1.807) is 4.90 Å². The van der Waals surface area contributed by atoms with Gasteiger partial charge in [-0.3, -0.25) is 9.59 Å². The molecule has 2 aromatic heterocycles. The van der Waals surface area contributed by atoms with E-state index in [1.807, 2.05) is 52.1 Å². The molecule has 4 aromatic rings. The molecule has 1 aliphatic carbocycles. The third-order valence-corrected chi connectivity index (χ3v) is 11.5. The highest BCUT2D eigenvalue weighted by atomic mass is 16.5. The molecule has 0 spiro atoms. The summed E-state index contributed by atoms with van der Waals surface area (Å²) in [5.74, 6) is 2.11. The Bertz CT molecular complexity index is 2130. The number of amides is 4. The summed E-state index contributed by atoms with van der Waals surface area (Å²) in [6, 6.07) is 12.5. The van der Waals surface area contributed by atoms with Gasteiger partial charge in [0.15, 0.2) is 0 Å². The third kappa shape index (κ3) is 8.39. The average Bonchev–Trinajstić information content (AvgIpc) is 4.05. The van der Waals surface area contributed by atoms with Crippen LogP contribution in [0.5, 0.6) is 5.75 Å². The van der Waals surface area contributed by atoms with Crippen LogP contribution in [-0.4, -0.2) is 89.3 Å². The third-order valence-electron chi connectivity index (χ3n) is 11.5. The van der Waals surface area contributed by atoms with Crippen LogP contribution < -0.4 is 20.7 Å². The number of nitrogens with zero attached hydrogens (tertiary/aromatic N) is 3. The van der Waals surface area contributed by atoms with Crippen LogP contribution in [-0.2, 0) is 25.5 Å². The summed E-state index contributed by atoms with van der Waals surface area (Å²) >= 11 is 0. The fourth-order valence-corrected chi connectivity index (χ4v) is 8.30. The Morgan fingerprint density at radius 2 is 1.55 bits per heavy atom. The first-order valence-corrected chi connectivity index (χ1v) is 20.2. The predicted octanol–water partition coefficient (Wildman–Crippen LogP) is 6.51. The van der Waals surface area contributed by atoms with Crippen molar-refractivity contribution in [2.24, 2.45) is 11.8 Å². The molecule has 4 heterocycles.